The molecule has 0 saturated heterocycles. The Balaban J connectivity index is 1.64. The van der Waals surface area contributed by atoms with Gasteiger partial charge in [-0.1, -0.05) is 24.3 Å². The second kappa shape index (κ2) is 14.1. The van der Waals surface area contributed by atoms with Gasteiger partial charge in [-0.2, -0.15) is 13.2 Å². The maximum absolute atomic E-state index is 15.0. The molecule has 2 aromatic carbocycles. The van der Waals surface area contributed by atoms with Crippen LogP contribution in [0, 0.1) is 26.6 Å². The van der Waals surface area contributed by atoms with E-state index in [1.165, 1.54) is 19.1 Å². The van der Waals surface area contributed by atoms with Crippen molar-refractivity contribution in [3.63, 3.8) is 0 Å². The van der Waals surface area contributed by atoms with E-state index in [-0.39, 0.29) is 24.5 Å². The number of aromatic nitrogens is 1. The first kappa shape index (κ1) is 34.8. The molecular formula is C33H34F4N2O6S. The van der Waals surface area contributed by atoms with Crippen LogP contribution in [0.4, 0.5) is 17.6 Å². The van der Waals surface area contributed by atoms with E-state index in [2.05, 4.69) is 4.98 Å². The highest BCUT2D eigenvalue weighted by Gasteiger charge is 2.35. The first-order valence-corrected chi connectivity index (χ1v) is 16.0. The minimum absolute atomic E-state index is 0.0311. The van der Waals surface area contributed by atoms with Crippen LogP contribution >= 0.6 is 0 Å². The van der Waals surface area contributed by atoms with E-state index < -0.39 is 56.4 Å². The molecule has 0 fully saturated rings. The fraction of sp³-hybridized carbons (Fsp3) is 0.333. The minimum atomic E-state index is -4.61. The first-order valence-electron chi connectivity index (χ1n) is 14.3. The first-order chi connectivity index (χ1) is 21.6. The van der Waals surface area contributed by atoms with Crippen molar-refractivity contribution in [1.82, 2.24) is 9.88 Å². The van der Waals surface area contributed by atoms with E-state index in [0.29, 0.717) is 18.7 Å². The van der Waals surface area contributed by atoms with Gasteiger partial charge in [0, 0.05) is 30.0 Å². The molecule has 0 bridgehead atoms. The quantitative estimate of drug-likeness (QED) is 0.136. The molecule has 0 unspecified atom stereocenters. The molecular weight excluding hydrogens is 628 g/mol. The highest BCUT2D eigenvalue weighted by atomic mass is 32.2. The van der Waals surface area contributed by atoms with Crippen molar-refractivity contribution in [3.05, 3.63) is 106 Å². The van der Waals surface area contributed by atoms with Crippen LogP contribution in [0.15, 0.2) is 63.9 Å². The zero-order valence-corrected chi connectivity index (χ0v) is 26.6. The Labute approximate surface area is 264 Å². The van der Waals surface area contributed by atoms with Crippen molar-refractivity contribution >= 4 is 15.8 Å². The number of aliphatic hydroxyl groups is 1. The summed E-state index contributed by atoms with van der Waals surface area (Å²) in [6, 6.07) is 13.2. The Morgan fingerprint density at radius 3 is 2.24 bits per heavy atom. The molecule has 0 atom stereocenters. The zero-order valence-electron chi connectivity index (χ0n) is 25.7. The number of pyridine rings is 1. The molecule has 0 aliphatic heterocycles. The number of carbonyl (C=O) groups is 1. The SMILES string of the molecule is CCOC(=O)CS(=O)(=O)c1cc(-c2ccc(CN(Cc3ccc(C(F)(F)F)o3)Cc3c(C)cc(C)nc3C)cc2)cc(F)c1CO. The number of hydrogen-bond acceptors (Lipinski definition) is 8. The number of esters is 1. The summed E-state index contributed by atoms with van der Waals surface area (Å²) in [6.07, 6.45) is -4.61. The van der Waals surface area contributed by atoms with Gasteiger partial charge >= 0.3 is 12.1 Å². The Morgan fingerprint density at radius 2 is 1.65 bits per heavy atom. The van der Waals surface area contributed by atoms with E-state index in [4.69, 9.17) is 9.15 Å². The summed E-state index contributed by atoms with van der Waals surface area (Å²) in [5, 5.41) is 9.69. The van der Waals surface area contributed by atoms with Crippen LogP contribution in [-0.4, -0.2) is 41.7 Å². The maximum Gasteiger partial charge on any atom is 0.449 e. The Morgan fingerprint density at radius 1 is 0.957 bits per heavy atom. The third-order valence-corrected chi connectivity index (χ3v) is 8.99. The predicted molar refractivity (Wildman–Crippen MR) is 162 cm³/mol. The number of ether oxygens (including phenoxy) is 1. The number of benzene rings is 2. The number of carbonyl (C=O) groups excluding carboxylic acids is 1. The van der Waals surface area contributed by atoms with Crippen LogP contribution < -0.4 is 0 Å². The van der Waals surface area contributed by atoms with Crippen LogP contribution in [0.3, 0.4) is 0 Å². The molecule has 4 rings (SSSR count). The summed E-state index contributed by atoms with van der Waals surface area (Å²) >= 11 is 0. The molecule has 2 heterocycles. The van der Waals surface area contributed by atoms with E-state index in [0.717, 1.165) is 40.2 Å². The molecule has 8 nitrogen and oxygen atoms in total. The van der Waals surface area contributed by atoms with E-state index >= 15 is 4.39 Å². The number of rotatable bonds is 12. The van der Waals surface area contributed by atoms with Gasteiger partial charge in [0.15, 0.2) is 15.6 Å². The summed E-state index contributed by atoms with van der Waals surface area (Å²) in [5.74, 6) is -3.91. The van der Waals surface area contributed by atoms with Crippen molar-refractivity contribution in [2.24, 2.45) is 0 Å². The highest BCUT2D eigenvalue weighted by molar-refractivity contribution is 7.92. The number of alkyl halides is 3. The summed E-state index contributed by atoms with van der Waals surface area (Å²) < 4.78 is 90.4. The Hall–Kier alpha value is -4.07. The number of aliphatic hydroxyl groups excluding tert-OH is 1. The van der Waals surface area contributed by atoms with Gasteiger partial charge in [-0.3, -0.25) is 14.7 Å². The van der Waals surface area contributed by atoms with Crippen molar-refractivity contribution in [2.45, 2.75) is 65.0 Å². The number of halogens is 4. The molecule has 0 amide bonds. The van der Waals surface area contributed by atoms with Gasteiger partial charge in [-0.25, -0.2) is 12.8 Å². The molecule has 0 aliphatic carbocycles. The molecule has 1 N–H and O–H groups in total. The molecule has 0 saturated carbocycles. The summed E-state index contributed by atoms with van der Waals surface area (Å²) in [4.78, 5) is 17.8. The largest absolute Gasteiger partial charge is 0.465 e. The summed E-state index contributed by atoms with van der Waals surface area (Å²) in [5.41, 5.74) is 4.54. The molecule has 13 heteroatoms. The van der Waals surface area contributed by atoms with E-state index in [9.17, 15) is 31.5 Å². The number of hydrogen-bond donors (Lipinski definition) is 1. The molecule has 46 heavy (non-hydrogen) atoms. The monoisotopic (exact) mass is 662 g/mol. The van der Waals surface area contributed by atoms with Gasteiger partial charge in [0.05, 0.1) is 24.7 Å². The van der Waals surface area contributed by atoms with E-state index in [1.807, 2.05) is 31.7 Å². The fourth-order valence-corrected chi connectivity index (χ4v) is 6.61. The lowest BCUT2D eigenvalue weighted by atomic mass is 10.0. The molecule has 0 radical (unpaired) electrons. The minimum Gasteiger partial charge on any atom is -0.465 e. The van der Waals surface area contributed by atoms with Gasteiger partial charge < -0.3 is 14.3 Å². The maximum atomic E-state index is 15.0. The lowest BCUT2D eigenvalue weighted by Crippen LogP contribution is -2.23. The second-order valence-corrected chi connectivity index (χ2v) is 12.9. The van der Waals surface area contributed by atoms with Crippen LogP contribution in [0.1, 0.15) is 52.1 Å². The normalized spacial score (nSPS) is 12.1. The lowest BCUT2D eigenvalue weighted by Gasteiger charge is -2.24. The number of aryl methyl sites for hydroxylation is 3. The van der Waals surface area contributed by atoms with Crippen molar-refractivity contribution in [1.29, 1.82) is 0 Å². The topological polar surface area (TPSA) is 110 Å². The molecule has 2 aromatic heterocycles. The second-order valence-electron chi connectivity index (χ2n) is 10.9. The van der Waals surface area contributed by atoms with Gasteiger partial charge in [-0.05, 0) is 85.8 Å². The van der Waals surface area contributed by atoms with Gasteiger partial charge in [0.2, 0.25) is 5.76 Å². The van der Waals surface area contributed by atoms with Crippen molar-refractivity contribution in [3.8, 4) is 11.1 Å². The van der Waals surface area contributed by atoms with E-state index in [1.54, 1.807) is 24.3 Å². The molecule has 0 aliphatic rings. The summed E-state index contributed by atoms with van der Waals surface area (Å²) in [6.45, 7) is 7.03. The third kappa shape index (κ3) is 8.39. The fourth-order valence-electron chi connectivity index (χ4n) is 5.22. The van der Waals surface area contributed by atoms with Gasteiger partial charge in [-0.15, -0.1) is 0 Å². The van der Waals surface area contributed by atoms with Crippen LogP contribution in [-0.2, 0) is 51.8 Å². The molecule has 4 aromatic rings. The third-order valence-electron chi connectivity index (χ3n) is 7.34. The zero-order chi connectivity index (χ0) is 33.8. The van der Waals surface area contributed by atoms with Crippen LogP contribution in [0.5, 0.6) is 0 Å². The van der Waals surface area contributed by atoms with Gasteiger partial charge in [0.1, 0.15) is 11.6 Å². The smallest absolute Gasteiger partial charge is 0.449 e. The average Bonchev–Trinajstić information content (AvgIpc) is 3.44. The average molecular weight is 663 g/mol. The lowest BCUT2D eigenvalue weighted by molar-refractivity contribution is -0.153. The van der Waals surface area contributed by atoms with Crippen molar-refractivity contribution in [2.75, 3.05) is 12.4 Å². The van der Waals surface area contributed by atoms with Gasteiger partial charge in [0.25, 0.3) is 0 Å². The Kier molecular flexibility index (Phi) is 10.7. The highest BCUT2D eigenvalue weighted by Crippen LogP contribution is 2.32. The van der Waals surface area contributed by atoms with Crippen LogP contribution in [0.2, 0.25) is 0 Å². The molecule has 246 valence electrons. The Bertz CT molecular complexity index is 1800. The predicted octanol–water partition coefficient (Wildman–Crippen LogP) is 6.46. The number of nitrogens with zero attached hydrogens (tertiary/aromatic N) is 2. The van der Waals surface area contributed by atoms with Crippen molar-refractivity contribution < 1.29 is 45.0 Å². The number of furan rings is 1. The standard InChI is InChI=1S/C33H34F4N2O6S/c1-5-44-32(41)19-46(42,43)30-14-25(13-29(34)28(30)18-40)24-8-6-23(7-9-24)15-39(16-26-10-11-31(45-26)33(35,36)37)17-27-20(2)12-21(3)38-22(27)4/h6-14,40H,5,15-19H2,1-4H3. The number of sulfone groups is 1. The van der Waals surface area contributed by atoms with Crippen LogP contribution in [0.25, 0.3) is 11.1 Å². The molecule has 0 spiro atoms. The summed E-state index contributed by atoms with van der Waals surface area (Å²) in [7, 11) is -4.34.